The van der Waals surface area contributed by atoms with Gasteiger partial charge in [0.2, 0.25) is 0 Å². The molecule has 5 rings (SSSR count). The van der Waals surface area contributed by atoms with Crippen LogP contribution in [0, 0.1) is 17.8 Å². The first-order valence-electron chi connectivity index (χ1n) is 25.7. The van der Waals surface area contributed by atoms with Crippen LogP contribution in [0.1, 0.15) is 101 Å². The van der Waals surface area contributed by atoms with Gasteiger partial charge in [0, 0.05) is 56.9 Å². The molecule has 72 heavy (non-hydrogen) atoms. The van der Waals surface area contributed by atoms with E-state index in [1.807, 2.05) is 101 Å². The number of esters is 1. The Labute approximate surface area is 433 Å². The number of rotatable bonds is 14. The Bertz CT molecular complexity index is 2040. The monoisotopic (exact) mass is 1030 g/mol. The smallest absolute Gasteiger partial charge is 0.311 e. The Hall–Kier alpha value is -3.28. The summed E-state index contributed by atoms with van der Waals surface area (Å²) in [6.07, 6.45) is -8.34. The molecule has 3 saturated heterocycles. The van der Waals surface area contributed by atoms with Gasteiger partial charge in [0.25, 0.3) is 0 Å². The highest BCUT2D eigenvalue weighted by atomic mass is 32.1. The van der Waals surface area contributed by atoms with Crippen LogP contribution in [-0.2, 0) is 33.2 Å². The first-order chi connectivity index (χ1) is 33.8. The van der Waals surface area contributed by atoms with Gasteiger partial charge < -0.3 is 69.5 Å². The van der Waals surface area contributed by atoms with Crippen LogP contribution in [0.3, 0.4) is 0 Å². The van der Waals surface area contributed by atoms with E-state index in [9.17, 15) is 30.3 Å². The van der Waals surface area contributed by atoms with Gasteiger partial charge in [-0.25, -0.2) is 0 Å². The predicted octanol–water partition coefficient (Wildman–Crippen LogP) is 6.06. The van der Waals surface area contributed by atoms with Crippen molar-refractivity contribution in [3.8, 4) is 0 Å². The van der Waals surface area contributed by atoms with E-state index in [-0.39, 0.29) is 37.3 Å². The van der Waals surface area contributed by atoms with Gasteiger partial charge in [0.15, 0.2) is 17.7 Å². The van der Waals surface area contributed by atoms with E-state index in [0.717, 1.165) is 11.4 Å². The molecule has 0 radical (unpaired) electrons. The molecule has 18 nitrogen and oxygen atoms in total. The molecule has 406 valence electrons. The number of benzene rings is 2. The number of azo groups is 1. The second kappa shape index (κ2) is 26.0. The molecular weight excluding hydrogens is 945 g/mol. The lowest BCUT2D eigenvalue weighted by Crippen LogP contribution is -2.60. The minimum absolute atomic E-state index is 0.104. The van der Waals surface area contributed by atoms with Crippen molar-refractivity contribution < 1.29 is 58.7 Å². The van der Waals surface area contributed by atoms with Crippen molar-refractivity contribution >= 4 is 40.4 Å². The molecule has 0 spiro atoms. The number of carbonyl (C=O) groups excluding carboxylic acids is 1. The third-order valence-electron chi connectivity index (χ3n) is 15.1. The van der Waals surface area contributed by atoms with Crippen LogP contribution in [0.15, 0.2) is 64.8 Å². The van der Waals surface area contributed by atoms with Crippen LogP contribution in [0.25, 0.3) is 0 Å². The fourth-order valence-corrected chi connectivity index (χ4v) is 11.0. The number of carbonyl (C=O) groups is 1. The number of nitrogens with zero attached hydrogens (tertiary/aromatic N) is 4. The molecule has 7 N–H and O–H groups in total. The number of hydrogen-bond acceptors (Lipinski definition) is 17. The third-order valence-corrected chi connectivity index (χ3v) is 15.4. The Morgan fingerprint density at radius 3 is 2.15 bits per heavy atom. The molecule has 3 aliphatic rings. The molecular formula is C53H86N6O12S. The maximum Gasteiger partial charge on any atom is 0.311 e. The number of nitrogens with one attached hydrogen (secondary N) is 2. The lowest BCUT2D eigenvalue weighted by molar-refractivity contribution is -0.318. The molecule has 19 heteroatoms. The van der Waals surface area contributed by atoms with E-state index < -0.39 is 96.0 Å². The maximum atomic E-state index is 14.6. The SMILES string of the molecule is CC[C@H]1OC(=O)[C@H](C)[C@@H](O[C@H]2C[C@@](C)(OC)[C@@H](O)[C@H](C)O2)[C@H](C)[C@@H](O[C@@H]2O[C@H](C)C[C@H](N(C)C)[C@H]2O)[C@](C)(O)C[C@@H](C)CN(CCCNC(=S)Nc2ccc(/N=N/c3ccccc3)cc2)[C@H](C)[C@@H](O)[C@]1(C)O. The maximum absolute atomic E-state index is 14.6. The number of likely N-dealkylation sites (N-methyl/N-ethyl adjacent to an activating group) is 1. The highest BCUT2D eigenvalue weighted by molar-refractivity contribution is 7.80. The average Bonchev–Trinajstić information content (AvgIpc) is 3.33. The van der Waals surface area contributed by atoms with Gasteiger partial charge in [-0.3, -0.25) is 9.69 Å². The zero-order valence-electron chi connectivity index (χ0n) is 44.8. The van der Waals surface area contributed by atoms with Crippen molar-refractivity contribution in [2.75, 3.05) is 46.2 Å². The topological polar surface area (TPSA) is 229 Å². The van der Waals surface area contributed by atoms with Crippen LogP contribution in [-0.4, -0.2) is 178 Å². The molecule has 3 aliphatic heterocycles. The summed E-state index contributed by atoms with van der Waals surface area (Å²) in [5.41, 5.74) is -2.39. The first kappa shape index (κ1) is 59.6. The van der Waals surface area contributed by atoms with Crippen molar-refractivity contribution in [3.05, 3.63) is 54.6 Å². The average molecular weight is 1030 g/mol. The van der Waals surface area contributed by atoms with Crippen molar-refractivity contribution in [2.45, 2.75) is 192 Å². The lowest BCUT2D eigenvalue weighted by atomic mass is 9.77. The fourth-order valence-electron chi connectivity index (χ4n) is 10.8. The van der Waals surface area contributed by atoms with Crippen LogP contribution in [0.4, 0.5) is 17.1 Å². The molecule has 0 amide bonds. The van der Waals surface area contributed by atoms with Crippen LogP contribution < -0.4 is 10.6 Å². The van der Waals surface area contributed by atoms with E-state index in [2.05, 4.69) is 25.8 Å². The van der Waals surface area contributed by atoms with Crippen LogP contribution in [0.2, 0.25) is 0 Å². The molecule has 18 atom stereocenters. The van der Waals surface area contributed by atoms with Crippen LogP contribution >= 0.6 is 12.2 Å². The zero-order chi connectivity index (χ0) is 53.3. The Morgan fingerprint density at radius 2 is 1.54 bits per heavy atom. The van der Waals surface area contributed by atoms with E-state index in [1.165, 1.54) is 14.0 Å². The second-order valence-corrected chi connectivity index (χ2v) is 21.9. The molecule has 0 unspecified atom stereocenters. The summed E-state index contributed by atoms with van der Waals surface area (Å²) in [6, 6.07) is 15.9. The van der Waals surface area contributed by atoms with Crippen molar-refractivity contribution in [2.24, 2.45) is 28.0 Å². The summed E-state index contributed by atoms with van der Waals surface area (Å²) < 4.78 is 38.2. The molecule has 2 aromatic rings. The number of aliphatic hydroxyl groups is 5. The number of cyclic esters (lactones) is 1. The molecule has 3 heterocycles. The quantitative estimate of drug-likeness (QED) is 0.0494. The van der Waals surface area contributed by atoms with Gasteiger partial charge in [0.1, 0.15) is 30.0 Å². The molecule has 0 aromatic heterocycles. The van der Waals surface area contributed by atoms with E-state index >= 15 is 0 Å². The number of hydrogen-bond donors (Lipinski definition) is 7. The first-order valence-corrected chi connectivity index (χ1v) is 26.1. The number of anilines is 1. The van der Waals surface area contributed by atoms with Crippen molar-refractivity contribution in [1.82, 2.24) is 15.1 Å². The Morgan fingerprint density at radius 1 is 0.903 bits per heavy atom. The molecule has 0 bridgehead atoms. The van der Waals surface area contributed by atoms with Gasteiger partial charge >= 0.3 is 5.97 Å². The van der Waals surface area contributed by atoms with Crippen molar-refractivity contribution in [1.29, 1.82) is 0 Å². The van der Waals surface area contributed by atoms with E-state index in [0.29, 0.717) is 43.3 Å². The summed E-state index contributed by atoms with van der Waals surface area (Å²) >= 11 is 5.65. The lowest BCUT2D eigenvalue weighted by Gasteiger charge is -2.48. The molecule has 0 aliphatic carbocycles. The summed E-state index contributed by atoms with van der Waals surface area (Å²) in [5, 5.41) is 75.7. The highest BCUT2D eigenvalue weighted by Gasteiger charge is 2.53. The summed E-state index contributed by atoms with van der Waals surface area (Å²) in [6.45, 7) is 19.0. The number of ether oxygens (including phenoxy) is 6. The van der Waals surface area contributed by atoms with Gasteiger partial charge in [-0.05, 0) is 143 Å². The summed E-state index contributed by atoms with van der Waals surface area (Å²) in [4.78, 5) is 18.6. The summed E-state index contributed by atoms with van der Waals surface area (Å²) in [5.74, 6) is -2.83. The molecule has 3 fully saturated rings. The predicted molar refractivity (Wildman–Crippen MR) is 279 cm³/mol. The molecule has 2 aromatic carbocycles. The highest BCUT2D eigenvalue weighted by Crippen LogP contribution is 2.40. The molecule has 0 saturated carbocycles. The van der Waals surface area contributed by atoms with E-state index in [1.54, 1.807) is 34.6 Å². The number of thiocarbonyl (C=S) groups is 1. The van der Waals surface area contributed by atoms with Gasteiger partial charge in [-0.1, -0.05) is 39.0 Å². The normalized spacial score (nSPS) is 39.0. The van der Waals surface area contributed by atoms with Crippen molar-refractivity contribution in [3.63, 3.8) is 0 Å². The summed E-state index contributed by atoms with van der Waals surface area (Å²) in [7, 11) is 5.27. The Balaban J connectivity index is 1.42. The Kier molecular flexibility index (Phi) is 21.5. The minimum atomic E-state index is -1.90. The second-order valence-electron chi connectivity index (χ2n) is 21.5. The number of methoxy groups -OCH3 is 1. The van der Waals surface area contributed by atoms with Crippen LogP contribution in [0.5, 0.6) is 0 Å². The van der Waals surface area contributed by atoms with Gasteiger partial charge in [0.05, 0.1) is 52.9 Å². The van der Waals surface area contributed by atoms with Gasteiger partial charge in [-0.15, -0.1) is 0 Å². The van der Waals surface area contributed by atoms with Gasteiger partial charge in [-0.2, -0.15) is 10.2 Å². The fraction of sp³-hybridized carbons (Fsp3) is 0.736. The standard InChI is InChI=1S/C53H86N6O12S/c1-14-41-53(10,65)45(61)35(6)59(26-18-25-54-50(72)55-37-21-23-39(24-22-37)57-56-38-19-16-15-17-20-38)30-31(2)28-51(8,64)47(71-49-43(60)40(58(11)12)27-32(3)67-49)33(4)44(34(5)48(63)69-41)70-42-29-52(9,66-13)46(62)36(7)68-42/h15-17,19-24,31-36,40-47,49,60-62,64-65H,14,18,25-30H2,1-13H3,(H2,54,55,72)/b57-56+/t31-,32-,33+,34-,35-,36+,40+,41-,42+,43-,44+,45-,46+,47-,49+,51-,52-,53-/m1/s1. The minimum Gasteiger partial charge on any atom is -0.459 e. The van der Waals surface area contributed by atoms with E-state index in [4.69, 9.17) is 40.6 Å². The zero-order valence-corrected chi connectivity index (χ0v) is 45.6. The largest absolute Gasteiger partial charge is 0.459 e. The third kappa shape index (κ3) is 15.2. The number of aliphatic hydroxyl groups excluding tert-OH is 3.